The summed E-state index contributed by atoms with van der Waals surface area (Å²) in [5.74, 6) is 0.0324. The van der Waals surface area contributed by atoms with Crippen molar-refractivity contribution in [2.75, 3.05) is 0 Å². The maximum atomic E-state index is 13.4. The summed E-state index contributed by atoms with van der Waals surface area (Å²) in [4.78, 5) is 15.3. The Kier molecular flexibility index (Phi) is 13.7. The molecule has 4 rings (SSSR count). The first-order valence-corrected chi connectivity index (χ1v) is 14.4. The van der Waals surface area contributed by atoms with E-state index in [9.17, 15) is 4.79 Å². The SMILES string of the molecule is CC(C)(C)N(Cc1ccccc1)C(=O)Cn1cc[n+](CC(OCc2ccc(Cl)cc2Cl)c2ccc(Cl)cc2Cl)c1.O.[Cl-]. The van der Waals surface area contributed by atoms with Crippen LogP contribution in [0.3, 0.4) is 0 Å². The number of ether oxygens (including phenoxy) is 1. The number of rotatable bonds is 10. The maximum absolute atomic E-state index is 13.4. The van der Waals surface area contributed by atoms with Crippen LogP contribution in [0.2, 0.25) is 20.1 Å². The lowest BCUT2D eigenvalue weighted by atomic mass is 10.0. The van der Waals surface area contributed by atoms with Crippen LogP contribution in [0.5, 0.6) is 0 Å². The Morgan fingerprint density at radius 2 is 1.60 bits per heavy atom. The van der Waals surface area contributed by atoms with Crippen LogP contribution < -0.4 is 17.0 Å². The average Bonchev–Trinajstić information content (AvgIpc) is 3.32. The predicted molar refractivity (Wildman–Crippen MR) is 165 cm³/mol. The van der Waals surface area contributed by atoms with Crippen molar-refractivity contribution in [3.63, 3.8) is 0 Å². The van der Waals surface area contributed by atoms with Gasteiger partial charge in [0.2, 0.25) is 6.33 Å². The minimum absolute atomic E-state index is 0. The standard InChI is InChI=1S/C31H32Cl4N3O2.ClH.H2O/c1-31(2,3)38(17-22-7-5-4-6-8-22)30(39)19-37-14-13-36(21-37)18-29(26-12-11-25(33)16-28(26)35)40-20-23-9-10-24(32)15-27(23)34;;/h4-16,21,29H,17-20H2,1-3H3;1H;1H2/q+1;;/p-1. The Balaban J connectivity index is 0.00000308. The van der Waals surface area contributed by atoms with Gasteiger partial charge >= 0.3 is 0 Å². The summed E-state index contributed by atoms with van der Waals surface area (Å²) in [6.45, 7) is 7.63. The van der Waals surface area contributed by atoms with Gasteiger partial charge in [0.25, 0.3) is 5.91 Å². The molecule has 0 aliphatic carbocycles. The molecule has 1 amide bonds. The summed E-state index contributed by atoms with van der Waals surface area (Å²) in [7, 11) is 0. The van der Waals surface area contributed by atoms with Gasteiger partial charge in [-0.25, -0.2) is 9.13 Å². The third-order valence-corrected chi connectivity index (χ3v) is 7.65. The average molecular weight is 674 g/mol. The van der Waals surface area contributed by atoms with E-state index in [0.717, 1.165) is 16.7 Å². The van der Waals surface area contributed by atoms with Gasteiger partial charge in [0.05, 0.1) is 6.61 Å². The van der Waals surface area contributed by atoms with Gasteiger partial charge in [-0.15, -0.1) is 0 Å². The largest absolute Gasteiger partial charge is 1.00 e. The number of hydrogen-bond donors (Lipinski definition) is 0. The molecule has 0 radical (unpaired) electrons. The van der Waals surface area contributed by atoms with E-state index in [2.05, 4.69) is 20.8 Å². The van der Waals surface area contributed by atoms with Crippen LogP contribution in [0.1, 0.15) is 43.6 Å². The molecule has 0 fully saturated rings. The van der Waals surface area contributed by atoms with Crippen molar-refractivity contribution in [3.8, 4) is 0 Å². The zero-order valence-corrected chi connectivity index (χ0v) is 27.3. The van der Waals surface area contributed by atoms with E-state index in [0.29, 0.717) is 33.2 Å². The summed E-state index contributed by atoms with van der Waals surface area (Å²) in [5, 5.41) is 2.15. The first-order chi connectivity index (χ1) is 19.0. The minimum atomic E-state index is -0.405. The molecular weight excluding hydrogens is 640 g/mol. The molecule has 0 saturated carbocycles. The summed E-state index contributed by atoms with van der Waals surface area (Å²) < 4.78 is 10.2. The number of halogens is 5. The molecular formula is C31H34Cl5N3O3. The molecule has 1 heterocycles. The zero-order valence-electron chi connectivity index (χ0n) is 23.5. The van der Waals surface area contributed by atoms with Crippen LogP contribution in [0.25, 0.3) is 0 Å². The number of benzene rings is 3. The molecule has 1 unspecified atom stereocenters. The van der Waals surface area contributed by atoms with E-state index in [4.69, 9.17) is 51.1 Å². The van der Waals surface area contributed by atoms with Gasteiger partial charge in [0.15, 0.2) is 6.54 Å². The maximum Gasteiger partial charge on any atom is 0.265 e. The van der Waals surface area contributed by atoms with E-state index < -0.39 is 6.10 Å². The quantitative estimate of drug-likeness (QED) is 0.235. The van der Waals surface area contributed by atoms with Crippen LogP contribution in [0.15, 0.2) is 85.5 Å². The number of aromatic nitrogens is 2. The first-order valence-electron chi connectivity index (χ1n) is 12.9. The summed E-state index contributed by atoms with van der Waals surface area (Å²) >= 11 is 25.2. The lowest BCUT2D eigenvalue weighted by Gasteiger charge is -2.35. The van der Waals surface area contributed by atoms with Crippen molar-refractivity contribution in [1.29, 1.82) is 0 Å². The van der Waals surface area contributed by atoms with E-state index in [-0.39, 0.29) is 42.5 Å². The third kappa shape index (κ3) is 9.88. The van der Waals surface area contributed by atoms with Gasteiger partial charge in [-0.2, -0.15) is 0 Å². The Morgan fingerprint density at radius 1 is 0.952 bits per heavy atom. The normalized spacial score (nSPS) is 11.8. The Bertz CT molecular complexity index is 1460. The highest BCUT2D eigenvalue weighted by Gasteiger charge is 2.28. The molecule has 1 aromatic heterocycles. The molecule has 226 valence electrons. The Labute approximate surface area is 273 Å². The van der Waals surface area contributed by atoms with Crippen molar-refractivity contribution in [1.82, 2.24) is 9.47 Å². The fraction of sp³-hybridized carbons (Fsp3) is 0.290. The van der Waals surface area contributed by atoms with Crippen LogP contribution in [0, 0.1) is 0 Å². The minimum Gasteiger partial charge on any atom is -1.00 e. The van der Waals surface area contributed by atoms with Crippen molar-refractivity contribution >= 4 is 52.3 Å². The third-order valence-electron chi connectivity index (χ3n) is 6.50. The first kappa shape index (κ1) is 35.9. The molecule has 4 aromatic rings. The van der Waals surface area contributed by atoms with Gasteiger partial charge in [0.1, 0.15) is 25.0 Å². The number of amides is 1. The lowest BCUT2D eigenvalue weighted by molar-refractivity contribution is -0.704. The molecule has 3 aromatic carbocycles. The highest BCUT2D eigenvalue weighted by molar-refractivity contribution is 6.35. The summed E-state index contributed by atoms with van der Waals surface area (Å²) in [6.07, 6.45) is 5.30. The topological polar surface area (TPSA) is 69.8 Å². The molecule has 0 saturated heterocycles. The monoisotopic (exact) mass is 671 g/mol. The van der Waals surface area contributed by atoms with Crippen LogP contribution >= 0.6 is 46.4 Å². The van der Waals surface area contributed by atoms with Crippen molar-refractivity contribution < 1.29 is 32.0 Å². The lowest BCUT2D eigenvalue weighted by Crippen LogP contribution is -3.00. The number of imidazole rings is 1. The van der Waals surface area contributed by atoms with E-state index in [1.807, 2.05) is 75.2 Å². The number of hydrogen-bond acceptors (Lipinski definition) is 2. The fourth-order valence-corrected chi connectivity index (χ4v) is 5.36. The van der Waals surface area contributed by atoms with Gasteiger partial charge in [0, 0.05) is 37.7 Å². The molecule has 0 bridgehead atoms. The number of carbonyl (C=O) groups is 1. The second-order valence-electron chi connectivity index (χ2n) is 10.6. The summed E-state index contributed by atoms with van der Waals surface area (Å²) in [6, 6.07) is 20.7. The van der Waals surface area contributed by atoms with Gasteiger partial charge < -0.3 is 27.5 Å². The molecule has 0 aliphatic rings. The molecule has 2 N–H and O–H groups in total. The van der Waals surface area contributed by atoms with E-state index in [1.54, 1.807) is 24.3 Å². The summed E-state index contributed by atoms with van der Waals surface area (Å²) in [5.41, 5.74) is 2.38. The molecule has 0 aliphatic heterocycles. The molecule has 0 spiro atoms. The van der Waals surface area contributed by atoms with E-state index >= 15 is 0 Å². The molecule has 6 nitrogen and oxygen atoms in total. The molecule has 42 heavy (non-hydrogen) atoms. The van der Waals surface area contributed by atoms with Crippen LogP contribution in [0.4, 0.5) is 0 Å². The smallest absolute Gasteiger partial charge is 0.265 e. The van der Waals surface area contributed by atoms with Crippen molar-refractivity contribution in [2.24, 2.45) is 0 Å². The molecule has 11 heteroatoms. The second kappa shape index (κ2) is 16.0. The van der Waals surface area contributed by atoms with Crippen LogP contribution in [-0.4, -0.2) is 26.4 Å². The molecule has 1 atom stereocenters. The Hall–Kier alpha value is -2.29. The van der Waals surface area contributed by atoms with Crippen LogP contribution in [-0.2, 0) is 35.8 Å². The fourth-order valence-electron chi connectivity index (χ4n) is 4.37. The highest BCUT2D eigenvalue weighted by atomic mass is 35.5. The Morgan fingerprint density at radius 3 is 2.21 bits per heavy atom. The zero-order chi connectivity index (χ0) is 28.9. The second-order valence-corrected chi connectivity index (χ2v) is 12.3. The predicted octanol–water partition coefficient (Wildman–Crippen LogP) is 4.35. The van der Waals surface area contributed by atoms with Crippen molar-refractivity contribution in [3.05, 3.63) is 122 Å². The van der Waals surface area contributed by atoms with Gasteiger partial charge in [-0.1, -0.05) is 88.9 Å². The number of carbonyl (C=O) groups excluding carboxylic acids is 1. The van der Waals surface area contributed by atoms with E-state index in [1.165, 1.54) is 0 Å². The van der Waals surface area contributed by atoms with Gasteiger partial charge in [-0.3, -0.25) is 4.79 Å². The highest BCUT2D eigenvalue weighted by Crippen LogP contribution is 2.31. The number of nitrogens with zero attached hydrogens (tertiary/aromatic N) is 3. The van der Waals surface area contributed by atoms with Crippen molar-refractivity contribution in [2.45, 2.75) is 58.7 Å². The van der Waals surface area contributed by atoms with Gasteiger partial charge in [-0.05, 0) is 56.2 Å².